The second-order valence-electron chi connectivity index (χ2n) is 4.02. The van der Waals surface area contributed by atoms with Gasteiger partial charge in [-0.25, -0.2) is 0 Å². The molecule has 0 aliphatic heterocycles. The van der Waals surface area contributed by atoms with Gasteiger partial charge in [0.25, 0.3) is 5.89 Å². The number of rotatable bonds is 5. The van der Waals surface area contributed by atoms with E-state index in [2.05, 4.69) is 20.4 Å². The quantitative estimate of drug-likeness (QED) is 0.749. The molecular weight excluding hydrogens is 276 g/mol. The highest BCUT2D eigenvalue weighted by Crippen LogP contribution is 2.25. The highest BCUT2D eigenvalue weighted by atomic mass is 32.1. The van der Waals surface area contributed by atoms with E-state index >= 15 is 0 Å². The second-order valence-corrected chi connectivity index (χ2v) is 4.90. The first-order chi connectivity index (χ1) is 9.86. The van der Waals surface area contributed by atoms with Crippen LogP contribution in [0.4, 0.5) is 5.69 Å². The molecule has 0 unspecified atom stereocenters. The van der Waals surface area contributed by atoms with Crippen molar-refractivity contribution in [1.29, 1.82) is 0 Å². The van der Waals surface area contributed by atoms with Crippen LogP contribution in [0.15, 0.2) is 40.5 Å². The van der Waals surface area contributed by atoms with Crippen LogP contribution in [0.25, 0.3) is 22.2 Å². The Labute approximate surface area is 119 Å². The molecule has 0 aliphatic rings. The van der Waals surface area contributed by atoms with Gasteiger partial charge in [-0.2, -0.15) is 4.98 Å². The van der Waals surface area contributed by atoms with Crippen molar-refractivity contribution in [3.05, 3.63) is 36.0 Å². The Hall–Kier alpha value is -2.25. The number of aliphatic hydroxyl groups is 1. The average molecular weight is 288 g/mol. The van der Waals surface area contributed by atoms with Crippen molar-refractivity contribution in [3.63, 3.8) is 0 Å². The number of anilines is 1. The molecule has 3 rings (SSSR count). The van der Waals surface area contributed by atoms with Gasteiger partial charge in [0.05, 0.1) is 17.0 Å². The Bertz CT molecular complexity index is 664. The van der Waals surface area contributed by atoms with Crippen molar-refractivity contribution in [3.8, 4) is 22.2 Å². The lowest BCUT2D eigenvalue weighted by atomic mass is 10.2. The number of nitrogens with one attached hydrogen (secondary N) is 1. The molecule has 6 nitrogen and oxygen atoms in total. The molecule has 0 fully saturated rings. The zero-order chi connectivity index (χ0) is 13.8. The van der Waals surface area contributed by atoms with Crippen LogP contribution in [0.5, 0.6) is 0 Å². The van der Waals surface area contributed by atoms with Gasteiger partial charge in [-0.15, -0.1) is 11.3 Å². The number of aliphatic hydroxyl groups excluding tert-OH is 1. The fraction of sp³-hybridized carbons (Fsp3) is 0.154. The van der Waals surface area contributed by atoms with Gasteiger partial charge >= 0.3 is 0 Å². The monoisotopic (exact) mass is 288 g/mol. The van der Waals surface area contributed by atoms with Crippen LogP contribution in [0.2, 0.25) is 0 Å². The van der Waals surface area contributed by atoms with Crippen LogP contribution >= 0.6 is 11.3 Å². The van der Waals surface area contributed by atoms with Gasteiger partial charge in [0.1, 0.15) is 0 Å². The zero-order valence-corrected chi connectivity index (χ0v) is 11.3. The summed E-state index contributed by atoms with van der Waals surface area (Å²) in [4.78, 5) is 9.21. The molecule has 2 N–H and O–H groups in total. The van der Waals surface area contributed by atoms with E-state index in [4.69, 9.17) is 9.63 Å². The van der Waals surface area contributed by atoms with E-state index in [-0.39, 0.29) is 6.61 Å². The number of benzene rings is 1. The lowest BCUT2D eigenvalue weighted by Gasteiger charge is -2.03. The third kappa shape index (κ3) is 2.68. The first-order valence-corrected chi connectivity index (χ1v) is 6.92. The van der Waals surface area contributed by atoms with E-state index in [0.29, 0.717) is 18.3 Å². The summed E-state index contributed by atoms with van der Waals surface area (Å²) in [5.74, 6) is 1.02. The smallest absolute Gasteiger partial charge is 0.258 e. The molecular formula is C13H12N4O2S. The summed E-state index contributed by atoms with van der Waals surface area (Å²) in [6.07, 6.45) is 1.71. The molecule has 2 heterocycles. The molecule has 2 aromatic heterocycles. The number of hydrogen-bond donors (Lipinski definition) is 2. The highest BCUT2D eigenvalue weighted by Gasteiger charge is 2.11. The van der Waals surface area contributed by atoms with E-state index in [1.54, 1.807) is 11.7 Å². The maximum Gasteiger partial charge on any atom is 0.258 e. The minimum Gasteiger partial charge on any atom is -0.395 e. The number of thiazole rings is 1. The van der Waals surface area contributed by atoms with Crippen LogP contribution in [0.1, 0.15) is 0 Å². The summed E-state index contributed by atoms with van der Waals surface area (Å²) in [6, 6.07) is 7.59. The van der Waals surface area contributed by atoms with Gasteiger partial charge < -0.3 is 14.9 Å². The molecule has 102 valence electrons. The Morgan fingerprint density at radius 1 is 1.25 bits per heavy atom. The fourth-order valence-electron chi connectivity index (χ4n) is 1.70. The van der Waals surface area contributed by atoms with Gasteiger partial charge in [-0.3, -0.25) is 4.98 Å². The summed E-state index contributed by atoms with van der Waals surface area (Å²) < 4.78 is 5.25. The number of nitrogens with zero attached hydrogens (tertiary/aromatic N) is 3. The van der Waals surface area contributed by atoms with E-state index < -0.39 is 0 Å². The molecule has 0 radical (unpaired) electrons. The Balaban J connectivity index is 1.79. The summed E-state index contributed by atoms with van der Waals surface area (Å²) in [7, 11) is 0. The molecule has 7 heteroatoms. The van der Waals surface area contributed by atoms with Crippen molar-refractivity contribution in [2.75, 3.05) is 18.5 Å². The van der Waals surface area contributed by atoms with Gasteiger partial charge in [0.15, 0.2) is 0 Å². The van der Waals surface area contributed by atoms with E-state index in [9.17, 15) is 0 Å². The van der Waals surface area contributed by atoms with Crippen LogP contribution in [0, 0.1) is 0 Å². The van der Waals surface area contributed by atoms with Crippen LogP contribution in [-0.2, 0) is 0 Å². The molecule has 0 saturated carbocycles. The van der Waals surface area contributed by atoms with Gasteiger partial charge in [-0.05, 0) is 24.3 Å². The van der Waals surface area contributed by atoms with E-state index in [0.717, 1.165) is 16.1 Å². The Kier molecular flexibility index (Phi) is 3.71. The Morgan fingerprint density at radius 2 is 2.10 bits per heavy atom. The maximum absolute atomic E-state index is 8.75. The third-order valence-corrected chi connectivity index (χ3v) is 3.42. The average Bonchev–Trinajstić information content (AvgIpc) is 3.16. The first-order valence-electron chi connectivity index (χ1n) is 6.04. The van der Waals surface area contributed by atoms with Gasteiger partial charge in [0, 0.05) is 24.0 Å². The predicted molar refractivity (Wildman–Crippen MR) is 76.4 cm³/mol. The molecule has 1 aromatic carbocycles. The largest absolute Gasteiger partial charge is 0.395 e. The van der Waals surface area contributed by atoms with Crippen LogP contribution in [0.3, 0.4) is 0 Å². The molecule has 0 bridgehead atoms. The van der Waals surface area contributed by atoms with Crippen molar-refractivity contribution in [1.82, 2.24) is 15.1 Å². The molecule has 20 heavy (non-hydrogen) atoms. The first kappa shape index (κ1) is 12.8. The number of aromatic nitrogens is 3. The van der Waals surface area contributed by atoms with Crippen molar-refractivity contribution in [2.45, 2.75) is 0 Å². The summed E-state index contributed by atoms with van der Waals surface area (Å²) in [5.41, 5.74) is 3.51. The standard InChI is InChI=1S/C13H12N4O2S/c18-6-5-15-10-3-1-9(2-4-10)13-16-12(17-19-13)11-7-14-8-20-11/h1-4,7-8,15,18H,5-6H2. The predicted octanol–water partition coefficient (Wildman–Crippen LogP) is 2.26. The maximum atomic E-state index is 8.75. The molecule has 0 aliphatic carbocycles. The van der Waals surface area contributed by atoms with Crippen LogP contribution in [-0.4, -0.2) is 33.4 Å². The van der Waals surface area contributed by atoms with E-state index in [1.165, 1.54) is 11.3 Å². The third-order valence-electron chi connectivity index (χ3n) is 2.65. The SMILES string of the molecule is OCCNc1ccc(-c2nc(-c3cncs3)no2)cc1. The minimum atomic E-state index is 0.101. The summed E-state index contributed by atoms with van der Waals surface area (Å²) in [6.45, 7) is 0.624. The highest BCUT2D eigenvalue weighted by molar-refractivity contribution is 7.13. The molecule has 0 saturated heterocycles. The van der Waals surface area contributed by atoms with E-state index in [1.807, 2.05) is 24.3 Å². The topological polar surface area (TPSA) is 84.1 Å². The van der Waals surface area contributed by atoms with Gasteiger partial charge in [0.2, 0.25) is 5.82 Å². The lowest BCUT2D eigenvalue weighted by molar-refractivity contribution is 0.311. The summed E-state index contributed by atoms with van der Waals surface area (Å²) in [5, 5.41) is 15.8. The minimum absolute atomic E-state index is 0.101. The molecule has 0 spiro atoms. The molecule has 0 amide bonds. The second kappa shape index (κ2) is 5.81. The molecule has 0 atom stereocenters. The normalized spacial score (nSPS) is 10.7. The number of hydrogen-bond acceptors (Lipinski definition) is 7. The zero-order valence-electron chi connectivity index (χ0n) is 10.5. The van der Waals surface area contributed by atoms with Gasteiger partial charge in [-0.1, -0.05) is 5.16 Å². The summed E-state index contributed by atoms with van der Waals surface area (Å²) >= 11 is 1.47. The van der Waals surface area contributed by atoms with Crippen molar-refractivity contribution in [2.24, 2.45) is 0 Å². The van der Waals surface area contributed by atoms with Crippen LogP contribution < -0.4 is 5.32 Å². The molecule has 3 aromatic rings. The van der Waals surface area contributed by atoms with Crippen molar-refractivity contribution >= 4 is 17.0 Å². The Morgan fingerprint density at radius 3 is 2.80 bits per heavy atom. The lowest BCUT2D eigenvalue weighted by Crippen LogP contribution is -2.04. The fourth-order valence-corrected chi connectivity index (χ4v) is 2.24. The van der Waals surface area contributed by atoms with Crippen molar-refractivity contribution < 1.29 is 9.63 Å².